The molecule has 0 atom stereocenters. The second kappa shape index (κ2) is 8.12. The van der Waals surface area contributed by atoms with E-state index in [2.05, 4.69) is 35.3 Å². The smallest absolute Gasteiger partial charge is 0.306 e. The van der Waals surface area contributed by atoms with Gasteiger partial charge < -0.3 is 9.64 Å². The minimum atomic E-state index is -0.107. The monoisotopic (exact) mass is 288 g/mol. The van der Waals surface area contributed by atoms with Crippen LogP contribution in [0, 0.1) is 0 Å². The minimum absolute atomic E-state index is 0.107. The molecule has 0 radical (unpaired) electrons. The Morgan fingerprint density at radius 3 is 2.11 bits per heavy atom. The number of ether oxygens (including phenoxy) is 1. The molecule has 1 fully saturated rings. The normalized spacial score (nSPS) is 18.5. The molecule has 0 spiro atoms. The van der Waals surface area contributed by atoms with Crippen LogP contribution in [-0.2, 0) is 9.53 Å². The first-order valence-electron chi connectivity index (χ1n) is 7.06. The molecule has 1 aliphatic heterocycles. The van der Waals surface area contributed by atoms with Crippen molar-refractivity contribution in [2.75, 3.05) is 52.1 Å². The molecule has 0 aromatic heterocycles. The summed E-state index contributed by atoms with van der Waals surface area (Å²) in [7, 11) is 1.45. The summed E-state index contributed by atoms with van der Waals surface area (Å²) in [6, 6.07) is 0. The summed E-state index contributed by atoms with van der Waals surface area (Å²) in [5, 5.41) is 0. The van der Waals surface area contributed by atoms with Gasteiger partial charge >= 0.3 is 5.97 Å². The lowest BCUT2D eigenvalue weighted by molar-refractivity contribution is -0.141. The van der Waals surface area contributed by atoms with Gasteiger partial charge in [-0.15, -0.1) is 0 Å². The number of hydrogen-bond acceptors (Lipinski definition) is 5. The minimum Gasteiger partial charge on any atom is -0.469 e. The summed E-state index contributed by atoms with van der Waals surface area (Å²) in [6.07, 6.45) is 0.510. The van der Waals surface area contributed by atoms with Gasteiger partial charge in [-0.1, -0.05) is 20.8 Å². The standard InChI is InChI=1S/C14H28N2O2S/c1-14(2,3)19-12-11-16-9-7-15(8-10-16)6-5-13(17)18-4/h5-12H2,1-4H3. The van der Waals surface area contributed by atoms with Gasteiger partial charge in [0.05, 0.1) is 13.5 Å². The predicted octanol–water partition coefficient (Wildman–Crippen LogP) is 1.70. The molecule has 1 aliphatic rings. The molecule has 0 bridgehead atoms. The fraction of sp³-hybridized carbons (Fsp3) is 0.929. The van der Waals surface area contributed by atoms with Crippen molar-refractivity contribution in [1.29, 1.82) is 0 Å². The van der Waals surface area contributed by atoms with Gasteiger partial charge in [0.15, 0.2) is 0 Å². The molecular formula is C14H28N2O2S. The quantitative estimate of drug-likeness (QED) is 0.695. The average Bonchev–Trinajstić information content (AvgIpc) is 2.36. The topological polar surface area (TPSA) is 32.8 Å². The first-order chi connectivity index (χ1) is 8.90. The summed E-state index contributed by atoms with van der Waals surface area (Å²) in [4.78, 5) is 16.0. The van der Waals surface area contributed by atoms with Crippen molar-refractivity contribution in [2.45, 2.75) is 31.9 Å². The molecule has 0 saturated carbocycles. The van der Waals surface area contributed by atoms with E-state index < -0.39 is 0 Å². The van der Waals surface area contributed by atoms with E-state index in [4.69, 9.17) is 0 Å². The zero-order valence-corrected chi connectivity index (χ0v) is 13.6. The van der Waals surface area contributed by atoms with Crippen molar-refractivity contribution in [3.05, 3.63) is 0 Å². The maximum atomic E-state index is 11.1. The van der Waals surface area contributed by atoms with Gasteiger partial charge in [-0.3, -0.25) is 9.69 Å². The van der Waals surface area contributed by atoms with E-state index in [0.29, 0.717) is 11.2 Å². The summed E-state index contributed by atoms with van der Waals surface area (Å²) in [6.45, 7) is 13.2. The van der Waals surface area contributed by atoms with Crippen LogP contribution >= 0.6 is 11.8 Å². The Balaban J connectivity index is 2.10. The molecule has 4 nitrogen and oxygen atoms in total. The van der Waals surface area contributed by atoms with Gasteiger partial charge in [-0.2, -0.15) is 11.8 Å². The molecule has 1 rings (SSSR count). The Labute approximate surface area is 121 Å². The second-order valence-electron chi connectivity index (χ2n) is 5.97. The lowest BCUT2D eigenvalue weighted by Crippen LogP contribution is -2.47. The molecular weight excluding hydrogens is 260 g/mol. The van der Waals surface area contributed by atoms with Gasteiger partial charge in [0.25, 0.3) is 0 Å². The molecule has 0 N–H and O–H groups in total. The highest BCUT2D eigenvalue weighted by Crippen LogP contribution is 2.22. The summed E-state index contributed by atoms with van der Waals surface area (Å²) >= 11 is 2.03. The highest BCUT2D eigenvalue weighted by molar-refractivity contribution is 8.00. The van der Waals surface area contributed by atoms with Crippen LogP contribution in [-0.4, -0.2) is 72.6 Å². The molecule has 1 heterocycles. The maximum Gasteiger partial charge on any atom is 0.306 e. The molecule has 19 heavy (non-hydrogen) atoms. The molecule has 5 heteroatoms. The van der Waals surface area contributed by atoms with Gasteiger partial charge in [-0.05, 0) is 0 Å². The number of esters is 1. The zero-order chi connectivity index (χ0) is 14.3. The van der Waals surface area contributed by atoms with Crippen LogP contribution in [0.25, 0.3) is 0 Å². The number of carbonyl (C=O) groups is 1. The van der Waals surface area contributed by atoms with Crippen LogP contribution in [0.5, 0.6) is 0 Å². The van der Waals surface area contributed by atoms with Crippen LogP contribution < -0.4 is 0 Å². The number of hydrogen-bond donors (Lipinski definition) is 0. The van der Waals surface area contributed by atoms with Gasteiger partial charge in [0.1, 0.15) is 0 Å². The molecule has 0 unspecified atom stereocenters. The summed E-state index contributed by atoms with van der Waals surface area (Å²) in [5.41, 5.74) is 0. The highest BCUT2D eigenvalue weighted by Gasteiger charge is 2.18. The van der Waals surface area contributed by atoms with Crippen LogP contribution in [0.4, 0.5) is 0 Å². The van der Waals surface area contributed by atoms with E-state index in [1.54, 1.807) is 0 Å². The van der Waals surface area contributed by atoms with Crippen LogP contribution in [0.1, 0.15) is 27.2 Å². The van der Waals surface area contributed by atoms with Crippen molar-refractivity contribution in [2.24, 2.45) is 0 Å². The predicted molar refractivity (Wildman–Crippen MR) is 81.7 cm³/mol. The van der Waals surface area contributed by atoms with E-state index in [-0.39, 0.29) is 5.97 Å². The largest absolute Gasteiger partial charge is 0.469 e. The van der Waals surface area contributed by atoms with Crippen LogP contribution in [0.2, 0.25) is 0 Å². The zero-order valence-electron chi connectivity index (χ0n) is 12.8. The van der Waals surface area contributed by atoms with Crippen LogP contribution in [0.3, 0.4) is 0 Å². The Hall–Kier alpha value is -0.260. The van der Waals surface area contributed by atoms with E-state index in [1.807, 2.05) is 11.8 Å². The van der Waals surface area contributed by atoms with E-state index in [0.717, 1.165) is 32.7 Å². The summed E-state index contributed by atoms with van der Waals surface area (Å²) < 4.78 is 5.03. The number of rotatable bonds is 6. The molecule has 0 aromatic rings. The van der Waals surface area contributed by atoms with E-state index >= 15 is 0 Å². The van der Waals surface area contributed by atoms with E-state index in [9.17, 15) is 4.79 Å². The van der Waals surface area contributed by atoms with E-state index in [1.165, 1.54) is 19.4 Å². The van der Waals surface area contributed by atoms with Crippen molar-refractivity contribution in [3.8, 4) is 0 Å². The molecule has 1 saturated heterocycles. The Kier molecular flexibility index (Phi) is 7.18. The third kappa shape index (κ3) is 7.80. The first kappa shape index (κ1) is 16.8. The van der Waals surface area contributed by atoms with Crippen molar-refractivity contribution < 1.29 is 9.53 Å². The molecule has 0 aliphatic carbocycles. The van der Waals surface area contributed by atoms with Crippen LogP contribution in [0.15, 0.2) is 0 Å². The van der Waals surface area contributed by atoms with Crippen molar-refractivity contribution >= 4 is 17.7 Å². The SMILES string of the molecule is COC(=O)CCN1CCN(CCSC(C)(C)C)CC1. The number of methoxy groups -OCH3 is 1. The van der Waals surface area contributed by atoms with Crippen molar-refractivity contribution in [3.63, 3.8) is 0 Å². The first-order valence-corrected chi connectivity index (χ1v) is 8.05. The number of thioether (sulfide) groups is 1. The lowest BCUT2D eigenvalue weighted by Gasteiger charge is -2.34. The van der Waals surface area contributed by atoms with Gasteiger partial charge in [0.2, 0.25) is 0 Å². The second-order valence-corrected chi connectivity index (χ2v) is 7.89. The van der Waals surface area contributed by atoms with Crippen molar-refractivity contribution in [1.82, 2.24) is 9.80 Å². The maximum absolute atomic E-state index is 11.1. The highest BCUT2D eigenvalue weighted by atomic mass is 32.2. The summed E-state index contributed by atoms with van der Waals surface area (Å²) in [5.74, 6) is 1.09. The third-order valence-electron chi connectivity index (χ3n) is 3.27. The fourth-order valence-corrected chi connectivity index (χ4v) is 3.03. The lowest BCUT2D eigenvalue weighted by atomic mass is 10.3. The molecule has 0 amide bonds. The molecule has 112 valence electrons. The van der Waals surface area contributed by atoms with Gasteiger partial charge in [-0.25, -0.2) is 0 Å². The fourth-order valence-electron chi connectivity index (χ4n) is 2.07. The number of piperazine rings is 1. The molecule has 0 aromatic carbocycles. The Bertz CT molecular complexity index is 271. The number of carbonyl (C=O) groups excluding carboxylic acids is 1. The average molecular weight is 288 g/mol. The van der Waals surface area contributed by atoms with Gasteiger partial charge in [0, 0.05) is 49.8 Å². The Morgan fingerprint density at radius 2 is 1.63 bits per heavy atom. The number of nitrogens with zero attached hydrogens (tertiary/aromatic N) is 2. The Morgan fingerprint density at radius 1 is 1.11 bits per heavy atom. The third-order valence-corrected chi connectivity index (χ3v) is 4.52.